The van der Waals surface area contributed by atoms with E-state index in [4.69, 9.17) is 10.5 Å². The minimum Gasteiger partial charge on any atom is -0.377 e. The van der Waals surface area contributed by atoms with E-state index in [0.29, 0.717) is 0 Å². The van der Waals surface area contributed by atoms with E-state index in [9.17, 15) is 14.4 Å². The molecule has 1 aliphatic heterocycles. The van der Waals surface area contributed by atoms with E-state index < -0.39 is 24.0 Å². The molecule has 0 radical (unpaired) electrons. The van der Waals surface area contributed by atoms with Gasteiger partial charge in [-0.2, -0.15) is 0 Å². The summed E-state index contributed by atoms with van der Waals surface area (Å²) in [5, 5.41) is 6.75. The molecule has 1 fully saturated rings. The molecule has 8 heteroatoms. The first-order chi connectivity index (χ1) is 7.09. The monoisotopic (exact) mass is 216 g/mol. The molecule has 5 amide bonds. The number of rotatable bonds is 5. The van der Waals surface area contributed by atoms with Crippen molar-refractivity contribution in [1.29, 1.82) is 0 Å². The summed E-state index contributed by atoms with van der Waals surface area (Å²) in [5.41, 5.74) is 4.81. The summed E-state index contributed by atoms with van der Waals surface area (Å²) in [6, 6.07) is -1.82. The normalized spacial score (nSPS) is 19.6. The van der Waals surface area contributed by atoms with Crippen LogP contribution in [-0.4, -0.2) is 43.8 Å². The maximum absolute atomic E-state index is 11.0. The quantitative estimate of drug-likeness (QED) is 0.310. The maximum atomic E-state index is 11.0. The van der Waals surface area contributed by atoms with Crippen LogP contribution in [0.25, 0.3) is 0 Å². The van der Waals surface area contributed by atoms with Crippen molar-refractivity contribution in [1.82, 2.24) is 16.0 Å². The van der Waals surface area contributed by atoms with Crippen LogP contribution in [-0.2, 0) is 9.53 Å². The Kier molecular flexibility index (Phi) is 3.86. The summed E-state index contributed by atoms with van der Waals surface area (Å²) in [5.74, 6) is -0.414. The van der Waals surface area contributed by atoms with Crippen molar-refractivity contribution in [2.75, 3.05) is 19.8 Å². The summed E-state index contributed by atoms with van der Waals surface area (Å²) in [4.78, 5) is 31.9. The van der Waals surface area contributed by atoms with E-state index in [0.717, 1.165) is 0 Å². The summed E-state index contributed by atoms with van der Waals surface area (Å²) in [7, 11) is 0. The Morgan fingerprint density at radius 3 is 2.80 bits per heavy atom. The van der Waals surface area contributed by atoms with Crippen LogP contribution in [0, 0.1) is 0 Å². The molecule has 0 aromatic rings. The first kappa shape index (κ1) is 11.2. The number of carbonyl (C=O) groups is 3. The van der Waals surface area contributed by atoms with Crippen molar-refractivity contribution in [3.63, 3.8) is 0 Å². The van der Waals surface area contributed by atoms with Crippen LogP contribution >= 0.6 is 0 Å². The summed E-state index contributed by atoms with van der Waals surface area (Å²) in [6.45, 7) is 0.554. The van der Waals surface area contributed by atoms with Crippen molar-refractivity contribution >= 4 is 18.0 Å². The van der Waals surface area contributed by atoms with Gasteiger partial charge in [0, 0.05) is 6.54 Å². The highest BCUT2D eigenvalue weighted by atomic mass is 16.5. The zero-order chi connectivity index (χ0) is 11.3. The second-order valence-corrected chi connectivity index (χ2v) is 2.88. The van der Waals surface area contributed by atoms with Gasteiger partial charge in [-0.1, -0.05) is 0 Å². The number of amides is 5. The number of ether oxygens (including phenoxy) is 1. The highest BCUT2D eigenvalue weighted by molar-refractivity contribution is 6.04. The molecule has 0 aromatic carbocycles. The molecule has 0 bridgehead atoms. The zero-order valence-corrected chi connectivity index (χ0v) is 7.91. The second kappa shape index (κ2) is 5.15. The Balaban J connectivity index is 2.08. The van der Waals surface area contributed by atoms with Crippen LogP contribution in [0.3, 0.4) is 0 Å². The molecule has 15 heavy (non-hydrogen) atoms. The average Bonchev–Trinajstić information content (AvgIpc) is 2.44. The molecule has 84 valence electrons. The number of nitrogens with one attached hydrogen (secondary N) is 3. The highest BCUT2D eigenvalue weighted by Gasteiger charge is 2.29. The first-order valence-corrected chi connectivity index (χ1v) is 4.32. The number of hydrogen-bond donors (Lipinski definition) is 4. The fourth-order valence-electron chi connectivity index (χ4n) is 1.02. The third kappa shape index (κ3) is 3.81. The summed E-state index contributed by atoms with van der Waals surface area (Å²) in [6.07, 6.45) is 0. The third-order valence-electron chi connectivity index (χ3n) is 1.69. The highest BCUT2D eigenvalue weighted by Crippen LogP contribution is 1.93. The summed E-state index contributed by atoms with van der Waals surface area (Å²) >= 11 is 0. The SMILES string of the molecule is NC(=O)NCCOCC1NC(=O)NC1=O. The number of urea groups is 2. The number of hydrogen-bond acceptors (Lipinski definition) is 4. The Morgan fingerprint density at radius 1 is 1.53 bits per heavy atom. The van der Waals surface area contributed by atoms with E-state index in [-0.39, 0.29) is 19.8 Å². The van der Waals surface area contributed by atoms with Crippen LogP contribution in [0.2, 0.25) is 0 Å². The maximum Gasteiger partial charge on any atom is 0.322 e. The van der Waals surface area contributed by atoms with Gasteiger partial charge < -0.3 is 21.1 Å². The molecule has 0 spiro atoms. The van der Waals surface area contributed by atoms with Gasteiger partial charge in [0.05, 0.1) is 13.2 Å². The fourth-order valence-corrected chi connectivity index (χ4v) is 1.02. The number of imide groups is 1. The van der Waals surface area contributed by atoms with Gasteiger partial charge in [0.25, 0.3) is 5.91 Å². The molecule has 1 aliphatic rings. The predicted molar refractivity (Wildman–Crippen MR) is 48.9 cm³/mol. The van der Waals surface area contributed by atoms with E-state index >= 15 is 0 Å². The minimum atomic E-state index is -0.661. The predicted octanol–water partition coefficient (Wildman–Crippen LogP) is -2.12. The lowest BCUT2D eigenvalue weighted by molar-refractivity contribution is -0.121. The fraction of sp³-hybridized carbons (Fsp3) is 0.571. The van der Waals surface area contributed by atoms with E-state index in [1.54, 1.807) is 0 Å². The third-order valence-corrected chi connectivity index (χ3v) is 1.69. The molecular weight excluding hydrogens is 204 g/mol. The summed E-state index contributed by atoms with van der Waals surface area (Å²) < 4.78 is 5.04. The molecular formula is C7H12N4O4. The molecule has 0 aliphatic carbocycles. The molecule has 1 saturated heterocycles. The number of primary amides is 1. The number of carbonyl (C=O) groups excluding carboxylic acids is 3. The molecule has 1 atom stereocenters. The smallest absolute Gasteiger partial charge is 0.322 e. The molecule has 5 N–H and O–H groups in total. The van der Waals surface area contributed by atoms with Gasteiger partial charge in [-0.25, -0.2) is 9.59 Å². The Bertz CT molecular complexity index is 280. The van der Waals surface area contributed by atoms with E-state index in [1.807, 2.05) is 0 Å². The van der Waals surface area contributed by atoms with Crippen LogP contribution < -0.4 is 21.7 Å². The lowest BCUT2D eigenvalue weighted by Gasteiger charge is -2.08. The average molecular weight is 216 g/mol. The lowest BCUT2D eigenvalue weighted by atomic mass is 10.3. The Morgan fingerprint density at radius 2 is 2.27 bits per heavy atom. The van der Waals surface area contributed by atoms with Gasteiger partial charge in [0.2, 0.25) is 0 Å². The molecule has 1 rings (SSSR count). The lowest BCUT2D eigenvalue weighted by Crippen LogP contribution is -2.36. The largest absolute Gasteiger partial charge is 0.377 e. The van der Waals surface area contributed by atoms with Crippen LogP contribution in [0.5, 0.6) is 0 Å². The van der Waals surface area contributed by atoms with Crippen LogP contribution in [0.15, 0.2) is 0 Å². The standard InChI is InChI=1S/C7H12N4O4/c8-6(13)9-1-2-15-3-4-5(12)11-7(14)10-4/h4H,1-3H2,(H3,8,9,13)(H2,10,11,12,14). The second-order valence-electron chi connectivity index (χ2n) is 2.88. The Labute approximate surface area is 85.5 Å². The number of nitrogens with two attached hydrogens (primary N) is 1. The van der Waals surface area contributed by atoms with Crippen molar-refractivity contribution in [3.8, 4) is 0 Å². The molecule has 0 saturated carbocycles. The van der Waals surface area contributed by atoms with Crippen molar-refractivity contribution in [2.24, 2.45) is 5.73 Å². The van der Waals surface area contributed by atoms with Crippen LogP contribution in [0.4, 0.5) is 9.59 Å². The van der Waals surface area contributed by atoms with Crippen molar-refractivity contribution < 1.29 is 19.1 Å². The topological polar surface area (TPSA) is 123 Å². The first-order valence-electron chi connectivity index (χ1n) is 4.32. The van der Waals surface area contributed by atoms with Gasteiger partial charge in [0.1, 0.15) is 6.04 Å². The van der Waals surface area contributed by atoms with Gasteiger partial charge >= 0.3 is 12.1 Å². The van der Waals surface area contributed by atoms with Gasteiger partial charge in [-0.3, -0.25) is 10.1 Å². The molecule has 1 heterocycles. The molecule has 0 aromatic heterocycles. The van der Waals surface area contributed by atoms with Crippen molar-refractivity contribution in [2.45, 2.75) is 6.04 Å². The van der Waals surface area contributed by atoms with Gasteiger partial charge in [-0.15, -0.1) is 0 Å². The Hall–Kier alpha value is -1.83. The van der Waals surface area contributed by atoms with Gasteiger partial charge in [0.15, 0.2) is 0 Å². The van der Waals surface area contributed by atoms with Crippen molar-refractivity contribution in [3.05, 3.63) is 0 Å². The van der Waals surface area contributed by atoms with Crippen LogP contribution in [0.1, 0.15) is 0 Å². The van der Waals surface area contributed by atoms with E-state index in [1.165, 1.54) is 0 Å². The molecule has 8 nitrogen and oxygen atoms in total. The zero-order valence-electron chi connectivity index (χ0n) is 7.91. The molecule has 1 unspecified atom stereocenters. The minimum absolute atomic E-state index is 0.0675. The van der Waals surface area contributed by atoms with E-state index in [2.05, 4.69) is 16.0 Å². The van der Waals surface area contributed by atoms with Gasteiger partial charge in [-0.05, 0) is 0 Å².